The Morgan fingerprint density at radius 1 is 0.625 bits per heavy atom. The maximum atomic E-state index is 12.1. The van der Waals surface area contributed by atoms with Gasteiger partial charge in [-0.05, 0) is 62.5 Å². The summed E-state index contributed by atoms with van der Waals surface area (Å²) in [4.78, 5) is 35.7. The van der Waals surface area contributed by atoms with E-state index in [9.17, 15) is 14.4 Å². The van der Waals surface area contributed by atoms with Crippen LogP contribution in [0, 0.1) is 0 Å². The lowest BCUT2D eigenvalue weighted by atomic mass is 9.78. The van der Waals surface area contributed by atoms with E-state index in [-0.39, 0.29) is 5.41 Å². The van der Waals surface area contributed by atoms with Crippen molar-refractivity contribution >= 4 is 18.2 Å². The van der Waals surface area contributed by atoms with Crippen molar-refractivity contribution in [2.24, 2.45) is 0 Å². The summed E-state index contributed by atoms with van der Waals surface area (Å²) in [6, 6.07) is 17.0. The molecule has 220 valence electrons. The number of rotatable bonds is 17. The average Bonchev–Trinajstić information content (AvgIpc) is 2.94. The molecule has 5 N–H and O–H groups in total. The summed E-state index contributed by atoms with van der Waals surface area (Å²) in [7, 11) is 1.94. The molecule has 9 heteroatoms. The van der Waals surface area contributed by atoms with Gasteiger partial charge in [0.05, 0.1) is 0 Å². The Hall–Kier alpha value is -3.59. The van der Waals surface area contributed by atoms with Crippen molar-refractivity contribution in [3.8, 4) is 5.75 Å². The third-order valence-electron chi connectivity index (χ3n) is 6.81. The zero-order valence-electron chi connectivity index (χ0n) is 24.3. The van der Waals surface area contributed by atoms with Gasteiger partial charge in [0.15, 0.2) is 0 Å². The summed E-state index contributed by atoms with van der Waals surface area (Å²) in [6.07, 6.45) is 7.11. The van der Waals surface area contributed by atoms with Crippen LogP contribution < -0.4 is 31.3 Å². The minimum absolute atomic E-state index is 0.151. The Morgan fingerprint density at radius 3 is 1.62 bits per heavy atom. The quantitative estimate of drug-likeness (QED) is 0.167. The van der Waals surface area contributed by atoms with Gasteiger partial charge in [-0.3, -0.25) is 5.32 Å². The minimum atomic E-state index is -0.493. The third-order valence-corrected chi connectivity index (χ3v) is 6.81. The summed E-state index contributed by atoms with van der Waals surface area (Å²) >= 11 is 0. The van der Waals surface area contributed by atoms with Crippen LogP contribution in [-0.2, 0) is 5.41 Å². The molecule has 5 amide bonds. The van der Waals surface area contributed by atoms with E-state index >= 15 is 0 Å². The van der Waals surface area contributed by atoms with Crippen molar-refractivity contribution in [3.05, 3.63) is 65.7 Å². The molecule has 2 aromatic rings. The fourth-order valence-corrected chi connectivity index (χ4v) is 4.27. The molecule has 40 heavy (non-hydrogen) atoms. The Labute approximate surface area is 239 Å². The second-order valence-corrected chi connectivity index (χ2v) is 10.4. The van der Waals surface area contributed by atoms with Gasteiger partial charge >= 0.3 is 18.2 Å². The number of hydrogen-bond acceptors (Lipinski definition) is 5. The molecule has 0 saturated heterocycles. The highest BCUT2D eigenvalue weighted by Crippen LogP contribution is 2.32. The summed E-state index contributed by atoms with van der Waals surface area (Å²) < 4.78 is 5.40. The SMILES string of the molecule is CNCCCCCCNC(=O)NC(=O)NCCCCCCNC(=O)Oc1ccc(C(C)(C)c2ccccc2)cc1. The van der Waals surface area contributed by atoms with E-state index in [4.69, 9.17) is 4.74 Å². The van der Waals surface area contributed by atoms with Gasteiger partial charge in [0.25, 0.3) is 0 Å². The van der Waals surface area contributed by atoms with E-state index in [0.29, 0.717) is 25.4 Å². The highest BCUT2D eigenvalue weighted by Gasteiger charge is 2.22. The molecule has 0 aliphatic carbocycles. The number of urea groups is 2. The number of carbonyl (C=O) groups excluding carboxylic acids is 3. The molecule has 9 nitrogen and oxygen atoms in total. The molecule has 2 rings (SSSR count). The first kappa shape index (κ1) is 32.6. The summed E-state index contributed by atoms with van der Waals surface area (Å²) in [5.74, 6) is 0.503. The van der Waals surface area contributed by atoms with Crippen molar-refractivity contribution in [1.29, 1.82) is 0 Å². The number of benzene rings is 2. The number of nitrogens with one attached hydrogen (secondary N) is 5. The summed E-state index contributed by atoms with van der Waals surface area (Å²) in [6.45, 7) is 6.90. The zero-order chi connectivity index (χ0) is 29.1. The highest BCUT2D eigenvalue weighted by atomic mass is 16.6. The first-order valence-electron chi connectivity index (χ1n) is 14.4. The Morgan fingerprint density at radius 2 is 1.10 bits per heavy atom. The van der Waals surface area contributed by atoms with Crippen LogP contribution in [0.5, 0.6) is 5.75 Å². The molecule has 0 aliphatic heterocycles. The van der Waals surface area contributed by atoms with Crippen molar-refractivity contribution in [3.63, 3.8) is 0 Å². The average molecular weight is 554 g/mol. The van der Waals surface area contributed by atoms with Gasteiger partial charge in [-0.2, -0.15) is 0 Å². The molecule has 0 spiro atoms. The number of imide groups is 1. The molecule has 0 atom stereocenters. The van der Waals surface area contributed by atoms with E-state index < -0.39 is 18.2 Å². The maximum absolute atomic E-state index is 12.1. The monoisotopic (exact) mass is 553 g/mol. The topological polar surface area (TPSA) is 121 Å². The molecule has 0 heterocycles. The van der Waals surface area contributed by atoms with E-state index in [1.54, 1.807) is 0 Å². The Balaban J connectivity index is 1.49. The maximum Gasteiger partial charge on any atom is 0.412 e. The fourth-order valence-electron chi connectivity index (χ4n) is 4.27. The van der Waals surface area contributed by atoms with Crippen LogP contribution in [-0.4, -0.2) is 51.4 Å². The van der Waals surface area contributed by atoms with Crippen molar-refractivity contribution in [1.82, 2.24) is 26.6 Å². The predicted molar refractivity (Wildman–Crippen MR) is 160 cm³/mol. The molecule has 0 fully saturated rings. The van der Waals surface area contributed by atoms with Crippen LogP contribution in [0.25, 0.3) is 0 Å². The van der Waals surface area contributed by atoms with Gasteiger partial charge in [-0.1, -0.05) is 82.0 Å². The molecular weight excluding hydrogens is 506 g/mol. The van der Waals surface area contributed by atoms with Crippen LogP contribution in [0.2, 0.25) is 0 Å². The van der Waals surface area contributed by atoms with Crippen molar-refractivity contribution in [2.45, 2.75) is 70.6 Å². The van der Waals surface area contributed by atoms with Gasteiger partial charge in [0, 0.05) is 25.0 Å². The lowest BCUT2D eigenvalue weighted by molar-refractivity contribution is 0.200. The Kier molecular flexibility index (Phi) is 15.2. The van der Waals surface area contributed by atoms with Crippen LogP contribution in [0.4, 0.5) is 14.4 Å². The lowest BCUT2D eigenvalue weighted by Gasteiger charge is -2.26. The van der Waals surface area contributed by atoms with E-state index in [2.05, 4.69) is 52.6 Å². The van der Waals surface area contributed by atoms with Crippen LogP contribution in [0.1, 0.15) is 76.3 Å². The van der Waals surface area contributed by atoms with E-state index in [0.717, 1.165) is 63.5 Å². The van der Waals surface area contributed by atoms with Crippen LogP contribution >= 0.6 is 0 Å². The Bertz CT molecular complexity index is 1010. The molecule has 0 bridgehead atoms. The first-order valence-corrected chi connectivity index (χ1v) is 14.4. The summed E-state index contributed by atoms with van der Waals surface area (Å²) in [5.41, 5.74) is 2.21. The number of ether oxygens (including phenoxy) is 1. The first-order chi connectivity index (χ1) is 19.3. The normalized spacial score (nSPS) is 11.0. The zero-order valence-corrected chi connectivity index (χ0v) is 24.3. The van der Waals surface area contributed by atoms with Crippen LogP contribution in [0.3, 0.4) is 0 Å². The fraction of sp³-hybridized carbons (Fsp3) is 0.516. The molecule has 0 unspecified atom stereocenters. The standard InChI is InChI=1S/C31H47N5O4/c1-31(2,25-15-9-8-10-16-25)26-17-19-27(20-18-26)40-30(39)35-24-14-7-6-13-23-34-29(38)36-28(37)33-22-12-5-4-11-21-32-3/h8-10,15-20,32H,4-7,11-14,21-24H2,1-3H3,(H,35,39)(H3,33,34,36,37,38). The number of unbranched alkanes of at least 4 members (excludes halogenated alkanes) is 6. The highest BCUT2D eigenvalue weighted by molar-refractivity contribution is 5.93. The van der Waals surface area contributed by atoms with Gasteiger partial charge in [0.1, 0.15) is 5.75 Å². The van der Waals surface area contributed by atoms with Gasteiger partial charge in [-0.15, -0.1) is 0 Å². The predicted octanol–water partition coefficient (Wildman–Crippen LogP) is 5.45. The number of carbonyl (C=O) groups is 3. The largest absolute Gasteiger partial charge is 0.412 e. The van der Waals surface area contributed by atoms with Gasteiger partial charge < -0.3 is 26.0 Å². The van der Waals surface area contributed by atoms with E-state index in [1.807, 2.05) is 49.5 Å². The van der Waals surface area contributed by atoms with E-state index in [1.165, 1.54) is 5.56 Å². The van der Waals surface area contributed by atoms with Gasteiger partial charge in [-0.25, -0.2) is 14.4 Å². The van der Waals surface area contributed by atoms with Gasteiger partial charge in [0.2, 0.25) is 0 Å². The molecular formula is C31H47N5O4. The molecule has 0 aliphatic rings. The minimum Gasteiger partial charge on any atom is -0.410 e. The van der Waals surface area contributed by atoms with Crippen molar-refractivity contribution < 1.29 is 19.1 Å². The van der Waals surface area contributed by atoms with Crippen LogP contribution in [0.15, 0.2) is 54.6 Å². The molecule has 0 saturated carbocycles. The smallest absolute Gasteiger partial charge is 0.410 e. The molecule has 2 aromatic carbocycles. The summed E-state index contributed by atoms with van der Waals surface area (Å²) in [5, 5.41) is 13.6. The second kappa shape index (κ2) is 18.7. The van der Waals surface area contributed by atoms with Crippen molar-refractivity contribution in [2.75, 3.05) is 33.2 Å². The third kappa shape index (κ3) is 13.0. The second-order valence-electron chi connectivity index (χ2n) is 10.4. The number of hydrogen-bond donors (Lipinski definition) is 5. The lowest BCUT2D eigenvalue weighted by Crippen LogP contribution is -2.45. The molecule has 0 radical (unpaired) electrons. The molecule has 0 aromatic heterocycles. The number of amides is 5.